The Morgan fingerprint density at radius 3 is 2.55 bits per heavy atom. The summed E-state index contributed by atoms with van der Waals surface area (Å²) in [6, 6.07) is 0. The molecule has 0 aliphatic rings. The summed E-state index contributed by atoms with van der Waals surface area (Å²) in [7, 11) is 1.36. The van der Waals surface area contributed by atoms with E-state index in [1.54, 1.807) is 13.8 Å². The topological polar surface area (TPSA) is 35.5 Å². The van der Waals surface area contributed by atoms with E-state index in [0.29, 0.717) is 6.61 Å². The summed E-state index contributed by atoms with van der Waals surface area (Å²) in [4.78, 5) is 11.0. The van der Waals surface area contributed by atoms with Crippen LogP contribution in [0.5, 0.6) is 0 Å². The number of hydrogen-bond donors (Lipinski definition) is 0. The minimum absolute atomic E-state index is 0.278. The van der Waals surface area contributed by atoms with Crippen LogP contribution in [-0.2, 0) is 14.3 Å². The highest BCUT2D eigenvalue weighted by Crippen LogP contribution is 2.16. The van der Waals surface area contributed by atoms with Gasteiger partial charge in [-0.25, -0.2) is 0 Å². The molecule has 0 saturated heterocycles. The van der Waals surface area contributed by atoms with Gasteiger partial charge in [-0.3, -0.25) is 4.79 Å². The van der Waals surface area contributed by atoms with E-state index < -0.39 is 5.41 Å². The van der Waals surface area contributed by atoms with E-state index in [2.05, 4.69) is 11.3 Å². The van der Waals surface area contributed by atoms with Crippen LogP contribution in [0.25, 0.3) is 0 Å². The molecule has 0 radical (unpaired) electrons. The summed E-state index contributed by atoms with van der Waals surface area (Å²) in [5.41, 5.74) is -0.594. The van der Waals surface area contributed by atoms with Gasteiger partial charge in [-0.2, -0.15) is 0 Å². The molecule has 0 spiro atoms. The van der Waals surface area contributed by atoms with E-state index >= 15 is 0 Å². The van der Waals surface area contributed by atoms with Gasteiger partial charge >= 0.3 is 5.97 Å². The van der Waals surface area contributed by atoms with Gasteiger partial charge in [-0.1, -0.05) is 6.58 Å². The minimum Gasteiger partial charge on any atom is -0.501 e. The monoisotopic (exact) mass is 158 g/mol. The van der Waals surface area contributed by atoms with E-state index in [9.17, 15) is 4.79 Å². The Balaban J connectivity index is 3.97. The third-order valence-corrected chi connectivity index (χ3v) is 1.30. The smallest absolute Gasteiger partial charge is 0.314 e. The highest BCUT2D eigenvalue weighted by Gasteiger charge is 2.28. The molecular formula is C8H14O3. The van der Waals surface area contributed by atoms with Crippen molar-refractivity contribution in [2.45, 2.75) is 13.8 Å². The zero-order valence-corrected chi connectivity index (χ0v) is 7.22. The zero-order valence-electron chi connectivity index (χ0n) is 7.22. The van der Waals surface area contributed by atoms with E-state index in [1.807, 2.05) is 0 Å². The summed E-state index contributed by atoms with van der Waals surface area (Å²) < 4.78 is 9.44. The van der Waals surface area contributed by atoms with Crippen molar-refractivity contribution in [2.24, 2.45) is 5.41 Å². The fraction of sp³-hybridized carbons (Fsp3) is 0.625. The first kappa shape index (κ1) is 10.0. The highest BCUT2D eigenvalue weighted by molar-refractivity contribution is 5.75. The Morgan fingerprint density at radius 2 is 2.18 bits per heavy atom. The van der Waals surface area contributed by atoms with Gasteiger partial charge in [0.15, 0.2) is 0 Å². The lowest BCUT2D eigenvalue weighted by atomic mass is 9.95. The van der Waals surface area contributed by atoms with Crippen molar-refractivity contribution >= 4 is 5.97 Å². The van der Waals surface area contributed by atoms with Gasteiger partial charge in [0.2, 0.25) is 0 Å². The van der Waals surface area contributed by atoms with Crippen LogP contribution in [0.15, 0.2) is 12.8 Å². The van der Waals surface area contributed by atoms with E-state index in [-0.39, 0.29) is 5.97 Å². The number of carbonyl (C=O) groups is 1. The molecule has 0 unspecified atom stereocenters. The quantitative estimate of drug-likeness (QED) is 0.457. The lowest BCUT2D eigenvalue weighted by Crippen LogP contribution is -2.30. The number of methoxy groups -OCH3 is 1. The van der Waals surface area contributed by atoms with Crippen molar-refractivity contribution in [2.75, 3.05) is 13.7 Å². The zero-order chi connectivity index (χ0) is 8.91. The molecule has 0 atom stereocenters. The molecule has 0 rings (SSSR count). The molecule has 0 aliphatic carbocycles. The average Bonchev–Trinajstić information content (AvgIpc) is 1.99. The highest BCUT2D eigenvalue weighted by atomic mass is 16.5. The molecule has 0 heterocycles. The maximum atomic E-state index is 11.0. The molecule has 0 aromatic heterocycles. The van der Waals surface area contributed by atoms with Crippen LogP contribution in [0.1, 0.15) is 13.8 Å². The third kappa shape index (κ3) is 3.07. The first-order chi connectivity index (χ1) is 5.04. The van der Waals surface area contributed by atoms with Gasteiger partial charge in [0.25, 0.3) is 0 Å². The van der Waals surface area contributed by atoms with Gasteiger partial charge in [-0.15, -0.1) is 0 Å². The Hall–Kier alpha value is -0.990. The summed E-state index contributed by atoms with van der Waals surface area (Å²) in [6.45, 7) is 7.17. The predicted molar refractivity (Wildman–Crippen MR) is 41.9 cm³/mol. The van der Waals surface area contributed by atoms with Crippen LogP contribution < -0.4 is 0 Å². The maximum Gasteiger partial charge on any atom is 0.314 e. The van der Waals surface area contributed by atoms with E-state index in [0.717, 1.165) is 0 Å². The lowest BCUT2D eigenvalue weighted by molar-refractivity contribution is -0.153. The molecule has 0 bridgehead atoms. The number of rotatable bonds is 4. The molecule has 64 valence electrons. The summed E-state index contributed by atoms with van der Waals surface area (Å²) >= 11 is 0. The van der Waals surface area contributed by atoms with Crippen LogP contribution in [0.3, 0.4) is 0 Å². The Bertz CT molecular complexity index is 149. The van der Waals surface area contributed by atoms with Crippen molar-refractivity contribution in [1.82, 2.24) is 0 Å². The summed E-state index contributed by atoms with van der Waals surface area (Å²) in [6.07, 6.45) is 1.31. The van der Waals surface area contributed by atoms with Crippen molar-refractivity contribution in [3.63, 3.8) is 0 Å². The van der Waals surface area contributed by atoms with Gasteiger partial charge in [0, 0.05) is 0 Å². The fourth-order valence-electron chi connectivity index (χ4n) is 0.602. The van der Waals surface area contributed by atoms with Gasteiger partial charge in [0.1, 0.15) is 6.61 Å². The van der Waals surface area contributed by atoms with Gasteiger partial charge in [0.05, 0.1) is 18.8 Å². The molecule has 11 heavy (non-hydrogen) atoms. The second kappa shape index (κ2) is 4.01. The van der Waals surface area contributed by atoms with Gasteiger partial charge < -0.3 is 9.47 Å². The Kier molecular flexibility index (Phi) is 3.65. The summed E-state index contributed by atoms with van der Waals surface area (Å²) in [5.74, 6) is -0.278. The van der Waals surface area contributed by atoms with Crippen molar-refractivity contribution in [3.05, 3.63) is 12.8 Å². The number of carbonyl (C=O) groups excluding carboxylic acids is 1. The van der Waals surface area contributed by atoms with E-state index in [4.69, 9.17) is 4.74 Å². The van der Waals surface area contributed by atoms with Crippen LogP contribution in [-0.4, -0.2) is 19.7 Å². The second-order valence-electron chi connectivity index (χ2n) is 2.85. The lowest BCUT2D eigenvalue weighted by Gasteiger charge is -2.19. The standard InChI is InChI=1S/C8H14O3/c1-5-11-6-8(2,3)7(9)10-4/h5H,1,6H2,2-4H3. The first-order valence-corrected chi connectivity index (χ1v) is 3.35. The molecule has 0 aliphatic heterocycles. The second-order valence-corrected chi connectivity index (χ2v) is 2.85. The molecule has 0 fully saturated rings. The predicted octanol–water partition coefficient (Wildman–Crippen LogP) is 1.35. The van der Waals surface area contributed by atoms with Crippen LogP contribution in [0, 0.1) is 5.41 Å². The van der Waals surface area contributed by atoms with Crippen LogP contribution in [0.2, 0.25) is 0 Å². The average molecular weight is 158 g/mol. The first-order valence-electron chi connectivity index (χ1n) is 3.35. The molecule has 0 amide bonds. The number of hydrogen-bond acceptors (Lipinski definition) is 3. The number of ether oxygens (including phenoxy) is 2. The van der Waals surface area contributed by atoms with E-state index in [1.165, 1.54) is 13.4 Å². The van der Waals surface area contributed by atoms with Crippen molar-refractivity contribution in [3.8, 4) is 0 Å². The van der Waals surface area contributed by atoms with Crippen molar-refractivity contribution in [1.29, 1.82) is 0 Å². The largest absolute Gasteiger partial charge is 0.501 e. The Morgan fingerprint density at radius 1 is 1.64 bits per heavy atom. The molecule has 3 heteroatoms. The van der Waals surface area contributed by atoms with Crippen LogP contribution in [0.4, 0.5) is 0 Å². The van der Waals surface area contributed by atoms with Crippen LogP contribution >= 0.6 is 0 Å². The van der Waals surface area contributed by atoms with Crippen molar-refractivity contribution < 1.29 is 14.3 Å². The summed E-state index contributed by atoms with van der Waals surface area (Å²) in [5, 5.41) is 0. The SMILES string of the molecule is C=COCC(C)(C)C(=O)OC. The minimum atomic E-state index is -0.594. The fourth-order valence-corrected chi connectivity index (χ4v) is 0.602. The van der Waals surface area contributed by atoms with Gasteiger partial charge in [-0.05, 0) is 13.8 Å². The molecule has 0 aromatic rings. The number of esters is 1. The maximum absolute atomic E-state index is 11.0. The molecular weight excluding hydrogens is 144 g/mol. The molecule has 0 saturated carbocycles. The molecule has 0 N–H and O–H groups in total. The Labute approximate surface area is 67.0 Å². The molecule has 0 aromatic carbocycles. The third-order valence-electron chi connectivity index (χ3n) is 1.30. The molecule has 3 nitrogen and oxygen atoms in total. The normalized spacial score (nSPS) is 10.5.